The number of aliphatic imine (C=N–C) groups is 1. The molecule has 3 aliphatic rings. The third kappa shape index (κ3) is 5.38. The lowest BCUT2D eigenvalue weighted by atomic mass is 9.93. The Morgan fingerprint density at radius 2 is 1.94 bits per heavy atom. The van der Waals surface area contributed by atoms with Gasteiger partial charge in [0.15, 0.2) is 0 Å². The van der Waals surface area contributed by atoms with Crippen molar-refractivity contribution in [2.24, 2.45) is 16.8 Å². The number of hydrogen-bond donors (Lipinski definition) is 2. The number of carbonyl (C=O) groups is 2. The first-order valence-electron chi connectivity index (χ1n) is 12.9. The molecule has 0 radical (unpaired) electrons. The lowest BCUT2D eigenvalue weighted by Crippen LogP contribution is -2.38. The summed E-state index contributed by atoms with van der Waals surface area (Å²) >= 11 is 0. The Hall–Kier alpha value is -2.84. The molecule has 5 rings (SSSR count). The van der Waals surface area contributed by atoms with Crippen LogP contribution in [0.25, 0.3) is 10.9 Å². The Bertz CT molecular complexity index is 1140. The van der Waals surface area contributed by atoms with E-state index in [0.29, 0.717) is 29.8 Å². The summed E-state index contributed by atoms with van der Waals surface area (Å²) in [5.41, 5.74) is 3.28. The Morgan fingerprint density at radius 3 is 2.74 bits per heavy atom. The number of benzene rings is 1. The van der Waals surface area contributed by atoms with Crippen molar-refractivity contribution in [3.8, 4) is 0 Å². The summed E-state index contributed by atoms with van der Waals surface area (Å²) < 4.78 is 7.52. The maximum absolute atomic E-state index is 13.2. The van der Waals surface area contributed by atoms with Gasteiger partial charge in [-0.05, 0) is 68.9 Å². The van der Waals surface area contributed by atoms with E-state index in [0.717, 1.165) is 61.9 Å². The van der Waals surface area contributed by atoms with Crippen LogP contribution in [0.5, 0.6) is 0 Å². The first kappa shape index (κ1) is 23.9. The molecule has 1 aliphatic carbocycles. The number of aromatic nitrogens is 2. The molecule has 1 aromatic carbocycles. The minimum absolute atomic E-state index is 0.185. The number of fused-ring (bicyclic) bond motifs is 1. The van der Waals surface area contributed by atoms with E-state index in [1.165, 1.54) is 12.8 Å². The molecule has 1 aromatic heterocycles. The Kier molecular flexibility index (Phi) is 7.39. The molecule has 0 bridgehead atoms. The minimum atomic E-state index is -0.453. The highest BCUT2D eigenvalue weighted by Crippen LogP contribution is 2.32. The van der Waals surface area contributed by atoms with Gasteiger partial charge in [-0.3, -0.25) is 14.3 Å². The molecular formula is C27H35N5O3. The van der Waals surface area contributed by atoms with E-state index in [2.05, 4.69) is 25.4 Å². The first-order chi connectivity index (χ1) is 17.1. The van der Waals surface area contributed by atoms with Crippen LogP contribution in [0.2, 0.25) is 0 Å². The van der Waals surface area contributed by atoms with Gasteiger partial charge in [0.1, 0.15) is 0 Å². The minimum Gasteiger partial charge on any atom is -0.381 e. The van der Waals surface area contributed by atoms with E-state index in [1.54, 1.807) is 6.20 Å². The maximum atomic E-state index is 13.2. The highest BCUT2D eigenvalue weighted by atomic mass is 16.5. The van der Waals surface area contributed by atoms with Crippen LogP contribution in [-0.4, -0.2) is 60.2 Å². The van der Waals surface area contributed by atoms with Gasteiger partial charge in [0.05, 0.1) is 29.2 Å². The van der Waals surface area contributed by atoms with Crippen LogP contribution in [0.3, 0.4) is 0 Å². The number of amides is 2. The number of ether oxygens (including phenoxy) is 1. The van der Waals surface area contributed by atoms with Gasteiger partial charge in [0, 0.05) is 37.4 Å². The molecule has 8 heteroatoms. The monoisotopic (exact) mass is 477 g/mol. The first-order valence-corrected chi connectivity index (χ1v) is 12.9. The predicted octanol–water partition coefficient (Wildman–Crippen LogP) is 3.44. The SMILES string of the molecule is CC1=NC(=O)C(CNC(=O)c2cccc3c2cnn3C2CCCC2)C(CNCC2CCOCC2)=C1. The van der Waals surface area contributed by atoms with Crippen LogP contribution < -0.4 is 10.6 Å². The molecule has 8 nitrogen and oxygen atoms in total. The molecule has 35 heavy (non-hydrogen) atoms. The summed E-state index contributed by atoms with van der Waals surface area (Å²) in [5.74, 6) is -0.233. The number of rotatable bonds is 8. The van der Waals surface area contributed by atoms with Gasteiger partial charge < -0.3 is 15.4 Å². The van der Waals surface area contributed by atoms with Crippen LogP contribution in [-0.2, 0) is 9.53 Å². The summed E-state index contributed by atoms with van der Waals surface area (Å²) in [6.07, 6.45) is 10.6. The Morgan fingerprint density at radius 1 is 1.14 bits per heavy atom. The molecule has 186 valence electrons. The van der Waals surface area contributed by atoms with E-state index >= 15 is 0 Å². The van der Waals surface area contributed by atoms with Crippen molar-refractivity contribution in [3.63, 3.8) is 0 Å². The fourth-order valence-electron chi connectivity index (χ4n) is 5.57. The molecule has 2 aromatic rings. The Labute approximate surface area is 206 Å². The molecule has 2 aliphatic heterocycles. The molecule has 0 spiro atoms. The van der Waals surface area contributed by atoms with E-state index < -0.39 is 5.92 Å². The van der Waals surface area contributed by atoms with Gasteiger partial charge in [0.25, 0.3) is 11.8 Å². The lowest BCUT2D eigenvalue weighted by Gasteiger charge is -2.25. The average Bonchev–Trinajstić information content (AvgIpc) is 3.53. The molecular weight excluding hydrogens is 442 g/mol. The van der Waals surface area contributed by atoms with Crippen molar-refractivity contribution in [1.82, 2.24) is 20.4 Å². The number of allylic oxidation sites excluding steroid dienone is 1. The van der Waals surface area contributed by atoms with Crippen LogP contribution >= 0.6 is 0 Å². The van der Waals surface area contributed by atoms with Gasteiger partial charge >= 0.3 is 0 Å². The topological polar surface area (TPSA) is 97.6 Å². The molecule has 1 saturated carbocycles. The summed E-state index contributed by atoms with van der Waals surface area (Å²) in [6, 6.07) is 6.18. The summed E-state index contributed by atoms with van der Waals surface area (Å²) in [7, 11) is 0. The van der Waals surface area contributed by atoms with Gasteiger partial charge in [-0.25, -0.2) is 4.99 Å². The second-order valence-corrected chi connectivity index (χ2v) is 10.0. The quantitative estimate of drug-likeness (QED) is 0.607. The highest BCUT2D eigenvalue weighted by molar-refractivity contribution is 6.07. The molecule has 1 atom stereocenters. The van der Waals surface area contributed by atoms with Gasteiger partial charge in [-0.15, -0.1) is 0 Å². The molecule has 3 heterocycles. The van der Waals surface area contributed by atoms with E-state index in [1.807, 2.05) is 31.2 Å². The van der Waals surface area contributed by atoms with Crippen LogP contribution in [0.15, 0.2) is 41.0 Å². The molecule has 1 saturated heterocycles. The zero-order valence-electron chi connectivity index (χ0n) is 20.5. The Balaban J connectivity index is 1.24. The maximum Gasteiger partial charge on any atom is 0.254 e. The third-order valence-corrected chi connectivity index (χ3v) is 7.55. The summed E-state index contributed by atoms with van der Waals surface area (Å²) in [4.78, 5) is 30.1. The normalized spacial score (nSPS) is 21.9. The number of hydrogen-bond acceptors (Lipinski definition) is 5. The zero-order valence-corrected chi connectivity index (χ0v) is 20.5. The van der Waals surface area contributed by atoms with E-state index in [4.69, 9.17) is 4.74 Å². The van der Waals surface area contributed by atoms with Gasteiger partial charge in [0.2, 0.25) is 0 Å². The fraction of sp³-hybridized carbons (Fsp3) is 0.556. The second-order valence-electron chi connectivity index (χ2n) is 10.0. The van der Waals surface area contributed by atoms with Crippen LogP contribution in [0, 0.1) is 11.8 Å². The third-order valence-electron chi connectivity index (χ3n) is 7.55. The van der Waals surface area contributed by atoms with Crippen molar-refractivity contribution in [2.45, 2.75) is 51.5 Å². The lowest BCUT2D eigenvalue weighted by molar-refractivity contribution is -0.120. The number of dihydropyridines is 1. The second kappa shape index (κ2) is 10.8. The smallest absolute Gasteiger partial charge is 0.254 e. The number of nitrogens with one attached hydrogen (secondary N) is 2. The predicted molar refractivity (Wildman–Crippen MR) is 136 cm³/mol. The summed E-state index contributed by atoms with van der Waals surface area (Å²) in [6.45, 7) is 5.22. The van der Waals surface area contributed by atoms with Crippen molar-refractivity contribution in [2.75, 3.05) is 32.8 Å². The molecule has 1 unspecified atom stereocenters. The number of carbonyl (C=O) groups excluding carboxylic acids is 2. The van der Waals surface area contributed by atoms with Crippen molar-refractivity contribution < 1.29 is 14.3 Å². The fourth-order valence-corrected chi connectivity index (χ4v) is 5.57. The average molecular weight is 478 g/mol. The van der Waals surface area contributed by atoms with Gasteiger partial charge in [-0.1, -0.05) is 18.9 Å². The molecule has 2 fully saturated rings. The van der Waals surface area contributed by atoms with Crippen LogP contribution in [0.4, 0.5) is 0 Å². The van der Waals surface area contributed by atoms with Crippen LogP contribution in [0.1, 0.15) is 61.8 Å². The molecule has 2 amide bonds. The van der Waals surface area contributed by atoms with Crippen molar-refractivity contribution in [1.29, 1.82) is 0 Å². The van der Waals surface area contributed by atoms with Crippen molar-refractivity contribution >= 4 is 28.4 Å². The van der Waals surface area contributed by atoms with E-state index in [9.17, 15) is 9.59 Å². The largest absolute Gasteiger partial charge is 0.381 e. The highest BCUT2D eigenvalue weighted by Gasteiger charge is 2.28. The van der Waals surface area contributed by atoms with Gasteiger partial charge in [-0.2, -0.15) is 5.10 Å². The standard InChI is InChI=1S/C27H35N5O3/c1-18-13-20(15-28-14-19-9-11-35-12-10-19)23(27(34)31-18)16-29-26(33)22-7-4-8-25-24(22)17-30-32(25)21-5-2-3-6-21/h4,7-8,13,17,19,21,23,28H,2-3,5-6,9-12,14-16H2,1H3,(H,29,33). The molecule has 2 N–H and O–H groups in total. The summed E-state index contributed by atoms with van der Waals surface area (Å²) in [5, 5.41) is 12.0. The van der Waals surface area contributed by atoms with Crippen molar-refractivity contribution in [3.05, 3.63) is 41.6 Å². The zero-order chi connectivity index (χ0) is 24.2. The van der Waals surface area contributed by atoms with E-state index in [-0.39, 0.29) is 18.4 Å². The number of nitrogens with zero attached hydrogens (tertiary/aromatic N) is 3.